The van der Waals surface area contributed by atoms with Crippen LogP contribution in [0.15, 0.2) is 6.20 Å². The fourth-order valence-electron chi connectivity index (χ4n) is 1.13. The SMILES string of the molecule is COC(=O)c1ncc(I)c(OC(F)(F)F)c1CF. The van der Waals surface area contributed by atoms with Gasteiger partial charge in [0.05, 0.1) is 16.2 Å². The average molecular weight is 379 g/mol. The van der Waals surface area contributed by atoms with Crippen LogP contribution in [0.3, 0.4) is 0 Å². The molecule has 1 heterocycles. The van der Waals surface area contributed by atoms with Gasteiger partial charge in [0.2, 0.25) is 0 Å². The molecule has 0 atom stereocenters. The van der Waals surface area contributed by atoms with E-state index in [1.165, 1.54) is 22.6 Å². The topological polar surface area (TPSA) is 48.4 Å². The average Bonchev–Trinajstić information content (AvgIpc) is 2.29. The molecule has 0 amide bonds. The van der Waals surface area contributed by atoms with Crippen molar-refractivity contribution in [2.24, 2.45) is 0 Å². The molecular weight excluding hydrogens is 373 g/mol. The molecule has 0 aromatic carbocycles. The van der Waals surface area contributed by atoms with Crippen molar-refractivity contribution in [2.45, 2.75) is 13.0 Å². The monoisotopic (exact) mass is 379 g/mol. The summed E-state index contributed by atoms with van der Waals surface area (Å²) < 4.78 is 57.2. The number of carbonyl (C=O) groups excluding carboxylic acids is 1. The number of esters is 1. The first-order chi connectivity index (χ1) is 8.30. The summed E-state index contributed by atoms with van der Waals surface area (Å²) in [5, 5.41) is 0. The Morgan fingerprint density at radius 2 is 2.11 bits per heavy atom. The Morgan fingerprint density at radius 3 is 2.56 bits per heavy atom. The fraction of sp³-hybridized carbons (Fsp3) is 0.333. The van der Waals surface area contributed by atoms with E-state index >= 15 is 0 Å². The predicted octanol–water partition coefficient (Wildman–Crippen LogP) is 2.84. The van der Waals surface area contributed by atoms with Gasteiger partial charge in [0, 0.05) is 6.20 Å². The summed E-state index contributed by atoms with van der Waals surface area (Å²) in [6, 6.07) is 0. The van der Waals surface area contributed by atoms with Gasteiger partial charge in [0.15, 0.2) is 11.4 Å². The molecule has 0 radical (unpaired) electrons. The third-order valence-electron chi connectivity index (χ3n) is 1.81. The zero-order valence-corrected chi connectivity index (χ0v) is 11.0. The summed E-state index contributed by atoms with van der Waals surface area (Å²) in [4.78, 5) is 14.8. The van der Waals surface area contributed by atoms with Crippen LogP contribution in [0.5, 0.6) is 5.75 Å². The van der Waals surface area contributed by atoms with E-state index in [1.807, 2.05) is 0 Å². The van der Waals surface area contributed by atoms with E-state index in [0.717, 1.165) is 13.3 Å². The van der Waals surface area contributed by atoms with Crippen LogP contribution in [0, 0.1) is 3.57 Å². The van der Waals surface area contributed by atoms with E-state index in [-0.39, 0.29) is 3.57 Å². The Bertz CT molecular complexity index is 464. The number of aromatic nitrogens is 1. The Hall–Kier alpha value is -1.13. The highest BCUT2D eigenvalue weighted by Gasteiger charge is 2.34. The molecule has 18 heavy (non-hydrogen) atoms. The minimum absolute atomic E-state index is 0.0646. The van der Waals surface area contributed by atoms with Crippen molar-refractivity contribution >= 4 is 28.6 Å². The first kappa shape index (κ1) is 14.9. The highest BCUT2D eigenvalue weighted by molar-refractivity contribution is 14.1. The van der Waals surface area contributed by atoms with E-state index in [0.29, 0.717) is 0 Å². The van der Waals surface area contributed by atoms with Gasteiger partial charge in [-0.1, -0.05) is 0 Å². The van der Waals surface area contributed by atoms with Crippen LogP contribution in [0.4, 0.5) is 17.6 Å². The van der Waals surface area contributed by atoms with E-state index in [4.69, 9.17) is 0 Å². The van der Waals surface area contributed by atoms with Gasteiger partial charge in [-0.2, -0.15) is 0 Å². The lowest BCUT2D eigenvalue weighted by molar-refractivity contribution is -0.275. The number of methoxy groups -OCH3 is 1. The maximum absolute atomic E-state index is 12.8. The van der Waals surface area contributed by atoms with E-state index < -0.39 is 36.0 Å². The number of carbonyl (C=O) groups is 1. The van der Waals surface area contributed by atoms with Crippen molar-refractivity contribution in [3.8, 4) is 5.75 Å². The molecule has 0 N–H and O–H groups in total. The standard InChI is InChI=1S/C9H6F4INO3/c1-17-8(16)6-4(2-10)7(5(14)3-15-6)18-9(11,12)13/h3H,2H2,1H3. The minimum atomic E-state index is -4.99. The smallest absolute Gasteiger partial charge is 0.464 e. The summed E-state index contributed by atoms with van der Waals surface area (Å²) in [6.45, 7) is -1.33. The lowest BCUT2D eigenvalue weighted by atomic mass is 10.2. The molecule has 4 nitrogen and oxygen atoms in total. The van der Waals surface area contributed by atoms with Gasteiger partial charge in [0.1, 0.15) is 6.67 Å². The van der Waals surface area contributed by atoms with Crippen LogP contribution < -0.4 is 4.74 Å². The molecular formula is C9H6F4INO3. The largest absolute Gasteiger partial charge is 0.573 e. The van der Waals surface area contributed by atoms with Gasteiger partial charge in [-0.25, -0.2) is 14.2 Å². The Balaban J connectivity index is 3.35. The molecule has 0 unspecified atom stereocenters. The fourth-order valence-corrected chi connectivity index (χ4v) is 1.71. The summed E-state index contributed by atoms with van der Waals surface area (Å²) in [5.74, 6) is -1.81. The Morgan fingerprint density at radius 1 is 1.50 bits per heavy atom. The third-order valence-corrected chi connectivity index (χ3v) is 2.58. The summed E-state index contributed by atoms with van der Waals surface area (Å²) in [7, 11) is 1.01. The molecule has 0 saturated heterocycles. The Kier molecular flexibility index (Phi) is 4.71. The maximum Gasteiger partial charge on any atom is 0.573 e. The van der Waals surface area contributed by atoms with Crippen molar-refractivity contribution in [3.63, 3.8) is 0 Å². The lowest BCUT2D eigenvalue weighted by Gasteiger charge is -2.14. The Labute approximate surface area is 112 Å². The molecule has 0 spiro atoms. The van der Waals surface area contributed by atoms with Crippen molar-refractivity contribution < 1.29 is 31.8 Å². The summed E-state index contributed by atoms with van der Waals surface area (Å²) in [6.07, 6.45) is -4.02. The van der Waals surface area contributed by atoms with Gasteiger partial charge in [-0.05, 0) is 22.6 Å². The van der Waals surface area contributed by atoms with E-state index in [1.54, 1.807) is 0 Å². The highest BCUT2D eigenvalue weighted by Crippen LogP contribution is 2.33. The molecule has 0 aliphatic rings. The van der Waals surface area contributed by atoms with Gasteiger partial charge < -0.3 is 9.47 Å². The minimum Gasteiger partial charge on any atom is -0.464 e. The molecule has 1 rings (SSSR count). The molecule has 1 aromatic heterocycles. The second-order valence-corrected chi connectivity index (χ2v) is 4.10. The number of rotatable bonds is 3. The number of nitrogens with zero attached hydrogens (tertiary/aromatic N) is 1. The second kappa shape index (κ2) is 5.67. The van der Waals surface area contributed by atoms with E-state index in [9.17, 15) is 22.4 Å². The van der Waals surface area contributed by atoms with E-state index in [2.05, 4.69) is 14.5 Å². The third kappa shape index (κ3) is 3.43. The molecule has 0 aliphatic carbocycles. The lowest BCUT2D eigenvalue weighted by Crippen LogP contribution is -2.20. The summed E-state index contributed by atoms with van der Waals surface area (Å²) in [5.41, 5.74) is -1.13. The molecule has 0 aliphatic heterocycles. The van der Waals surface area contributed by atoms with Crippen LogP contribution in [0.2, 0.25) is 0 Å². The highest BCUT2D eigenvalue weighted by atomic mass is 127. The van der Waals surface area contributed by atoms with Crippen LogP contribution in [0.1, 0.15) is 16.1 Å². The van der Waals surface area contributed by atoms with Crippen LogP contribution in [-0.2, 0) is 11.4 Å². The van der Waals surface area contributed by atoms with Crippen molar-refractivity contribution in [1.82, 2.24) is 4.98 Å². The van der Waals surface area contributed by atoms with Crippen molar-refractivity contribution in [2.75, 3.05) is 7.11 Å². The van der Waals surface area contributed by atoms with Crippen molar-refractivity contribution in [1.29, 1.82) is 0 Å². The number of hydrogen-bond acceptors (Lipinski definition) is 4. The summed E-state index contributed by atoms with van der Waals surface area (Å²) >= 11 is 1.50. The van der Waals surface area contributed by atoms with Crippen molar-refractivity contribution in [3.05, 3.63) is 21.0 Å². The molecule has 1 aromatic rings. The van der Waals surface area contributed by atoms with Gasteiger partial charge in [-0.3, -0.25) is 0 Å². The normalized spacial score (nSPS) is 11.2. The number of hydrogen-bond donors (Lipinski definition) is 0. The zero-order chi connectivity index (χ0) is 13.9. The molecule has 0 saturated carbocycles. The van der Waals surface area contributed by atoms with Crippen LogP contribution in [-0.4, -0.2) is 24.4 Å². The number of pyridine rings is 1. The number of alkyl halides is 4. The predicted molar refractivity (Wildman–Crippen MR) is 59.8 cm³/mol. The molecule has 100 valence electrons. The molecule has 9 heteroatoms. The quantitative estimate of drug-likeness (QED) is 0.461. The second-order valence-electron chi connectivity index (χ2n) is 2.94. The van der Waals surface area contributed by atoms with Gasteiger partial charge in [-0.15, -0.1) is 13.2 Å². The zero-order valence-electron chi connectivity index (χ0n) is 8.85. The van der Waals surface area contributed by atoms with Crippen LogP contribution >= 0.6 is 22.6 Å². The van der Waals surface area contributed by atoms with Gasteiger partial charge >= 0.3 is 12.3 Å². The first-order valence-electron chi connectivity index (χ1n) is 4.37. The maximum atomic E-state index is 12.8. The molecule has 0 fully saturated rings. The number of ether oxygens (including phenoxy) is 2. The molecule has 0 bridgehead atoms. The number of halogens is 5. The van der Waals surface area contributed by atoms with Crippen LogP contribution in [0.25, 0.3) is 0 Å². The van der Waals surface area contributed by atoms with Gasteiger partial charge in [0.25, 0.3) is 0 Å². The first-order valence-corrected chi connectivity index (χ1v) is 5.45.